The summed E-state index contributed by atoms with van der Waals surface area (Å²) in [4.78, 5) is 12.2. The maximum absolute atomic E-state index is 12.2. The molecule has 0 saturated heterocycles. The number of methoxy groups -OCH3 is 1. The molecule has 0 radical (unpaired) electrons. The number of urea groups is 1. The molecule has 0 saturated carbocycles. The summed E-state index contributed by atoms with van der Waals surface area (Å²) >= 11 is 0. The largest absolute Gasteiger partial charge is 0.497 e. The third kappa shape index (κ3) is 3.30. The molecule has 128 valence electrons. The van der Waals surface area contributed by atoms with Gasteiger partial charge in [0.1, 0.15) is 5.75 Å². The van der Waals surface area contributed by atoms with Crippen LogP contribution < -0.4 is 15.4 Å². The molecule has 0 atom stereocenters. The maximum atomic E-state index is 12.2. The van der Waals surface area contributed by atoms with Gasteiger partial charge in [-0.1, -0.05) is 30.3 Å². The van der Waals surface area contributed by atoms with E-state index in [0.29, 0.717) is 5.69 Å². The molecule has 0 spiro atoms. The first-order valence-electron chi connectivity index (χ1n) is 8.36. The summed E-state index contributed by atoms with van der Waals surface area (Å²) < 4.78 is 5.11. The van der Waals surface area contributed by atoms with Crippen molar-refractivity contribution in [2.24, 2.45) is 0 Å². The van der Waals surface area contributed by atoms with Gasteiger partial charge in [0.05, 0.1) is 7.11 Å². The summed E-state index contributed by atoms with van der Waals surface area (Å²) in [5.74, 6) is 0.748. The maximum Gasteiger partial charge on any atom is 0.323 e. The molecule has 0 aromatic heterocycles. The van der Waals surface area contributed by atoms with E-state index in [0.717, 1.165) is 22.2 Å². The number of anilines is 2. The van der Waals surface area contributed by atoms with Crippen LogP contribution in [0.4, 0.5) is 16.2 Å². The Balaban J connectivity index is 1.54. The van der Waals surface area contributed by atoms with Crippen LogP contribution in [0.2, 0.25) is 0 Å². The van der Waals surface area contributed by atoms with E-state index < -0.39 is 0 Å². The molecule has 0 aliphatic heterocycles. The summed E-state index contributed by atoms with van der Waals surface area (Å²) in [6, 6.07) is 25.4. The lowest BCUT2D eigenvalue weighted by molar-refractivity contribution is 0.262. The van der Waals surface area contributed by atoms with Crippen LogP contribution in [-0.4, -0.2) is 13.1 Å². The van der Waals surface area contributed by atoms with Crippen LogP contribution in [0.25, 0.3) is 21.5 Å². The second kappa shape index (κ2) is 6.76. The Hall–Kier alpha value is -3.53. The highest BCUT2D eigenvalue weighted by Crippen LogP contribution is 2.25. The molecule has 0 fully saturated rings. The Morgan fingerprint density at radius 3 is 1.96 bits per heavy atom. The van der Waals surface area contributed by atoms with E-state index in [1.54, 1.807) is 31.4 Å². The molecule has 26 heavy (non-hydrogen) atoms. The third-order valence-corrected chi connectivity index (χ3v) is 4.31. The van der Waals surface area contributed by atoms with Crippen molar-refractivity contribution in [1.29, 1.82) is 0 Å². The summed E-state index contributed by atoms with van der Waals surface area (Å²) in [5, 5.41) is 10.3. The van der Waals surface area contributed by atoms with Gasteiger partial charge in [-0.3, -0.25) is 0 Å². The van der Waals surface area contributed by atoms with Gasteiger partial charge in [-0.2, -0.15) is 0 Å². The predicted octanol–water partition coefficient (Wildman–Crippen LogP) is 5.65. The first kappa shape index (κ1) is 16.0. The lowest BCUT2D eigenvalue weighted by atomic mass is 10.0. The summed E-state index contributed by atoms with van der Waals surface area (Å²) in [6.45, 7) is 0. The van der Waals surface area contributed by atoms with Crippen molar-refractivity contribution in [3.8, 4) is 5.75 Å². The topological polar surface area (TPSA) is 50.4 Å². The number of amides is 2. The van der Waals surface area contributed by atoms with Crippen LogP contribution in [0, 0.1) is 0 Å². The smallest absolute Gasteiger partial charge is 0.323 e. The lowest BCUT2D eigenvalue weighted by Gasteiger charge is -2.10. The standard InChI is InChI=1S/C22H18N2O2/c1-26-21-10-8-19(9-11-21)23-22(25)24-20-7-6-17-12-15-4-2-3-5-16(15)13-18(17)14-20/h2-14H,1H3,(H2,23,24,25). The van der Waals surface area contributed by atoms with Crippen LogP contribution in [-0.2, 0) is 0 Å². The molecule has 0 aliphatic carbocycles. The highest BCUT2D eigenvalue weighted by atomic mass is 16.5. The highest BCUT2D eigenvalue weighted by molar-refractivity contribution is 6.03. The molecule has 4 aromatic rings. The second-order valence-electron chi connectivity index (χ2n) is 6.07. The fraction of sp³-hybridized carbons (Fsp3) is 0.0455. The number of nitrogens with one attached hydrogen (secondary N) is 2. The number of fused-ring (bicyclic) bond motifs is 2. The van der Waals surface area contributed by atoms with E-state index in [9.17, 15) is 4.79 Å². The predicted molar refractivity (Wildman–Crippen MR) is 107 cm³/mol. The number of benzene rings is 4. The summed E-state index contributed by atoms with van der Waals surface area (Å²) in [5.41, 5.74) is 1.45. The zero-order chi connectivity index (χ0) is 17.9. The van der Waals surface area contributed by atoms with E-state index in [2.05, 4.69) is 34.9 Å². The van der Waals surface area contributed by atoms with Crippen molar-refractivity contribution in [3.05, 3.63) is 78.9 Å². The van der Waals surface area contributed by atoms with Gasteiger partial charge in [-0.25, -0.2) is 4.79 Å². The van der Waals surface area contributed by atoms with Crippen LogP contribution >= 0.6 is 0 Å². The first-order valence-corrected chi connectivity index (χ1v) is 8.36. The number of hydrogen-bond donors (Lipinski definition) is 2. The molecular weight excluding hydrogens is 324 g/mol. The van der Waals surface area contributed by atoms with Crippen LogP contribution in [0.1, 0.15) is 0 Å². The molecule has 2 amide bonds. The first-order chi connectivity index (χ1) is 12.7. The average Bonchev–Trinajstić information content (AvgIpc) is 2.67. The van der Waals surface area contributed by atoms with E-state index >= 15 is 0 Å². The Morgan fingerprint density at radius 2 is 1.27 bits per heavy atom. The number of carbonyl (C=O) groups is 1. The van der Waals surface area contributed by atoms with E-state index in [-0.39, 0.29) is 6.03 Å². The van der Waals surface area contributed by atoms with Gasteiger partial charge in [0.25, 0.3) is 0 Å². The Kier molecular flexibility index (Phi) is 4.15. The number of ether oxygens (including phenoxy) is 1. The SMILES string of the molecule is COc1ccc(NC(=O)Nc2ccc3cc4ccccc4cc3c2)cc1. The van der Waals surface area contributed by atoms with Gasteiger partial charge in [0.2, 0.25) is 0 Å². The average molecular weight is 342 g/mol. The molecule has 0 aliphatic rings. The summed E-state index contributed by atoms with van der Waals surface area (Å²) in [6.07, 6.45) is 0. The van der Waals surface area contributed by atoms with E-state index in [4.69, 9.17) is 4.74 Å². The van der Waals surface area contributed by atoms with Crippen LogP contribution in [0.3, 0.4) is 0 Å². The van der Waals surface area contributed by atoms with Crippen LogP contribution in [0.5, 0.6) is 5.75 Å². The molecular formula is C22H18N2O2. The van der Waals surface area contributed by atoms with Crippen LogP contribution in [0.15, 0.2) is 78.9 Å². The summed E-state index contributed by atoms with van der Waals surface area (Å²) in [7, 11) is 1.61. The minimum atomic E-state index is -0.282. The van der Waals surface area contributed by atoms with E-state index in [1.807, 2.05) is 30.3 Å². The van der Waals surface area contributed by atoms with Crippen molar-refractivity contribution in [2.45, 2.75) is 0 Å². The van der Waals surface area contributed by atoms with Crippen molar-refractivity contribution in [1.82, 2.24) is 0 Å². The van der Waals surface area contributed by atoms with Crippen molar-refractivity contribution in [3.63, 3.8) is 0 Å². The van der Waals surface area contributed by atoms with Crippen molar-refractivity contribution in [2.75, 3.05) is 17.7 Å². The van der Waals surface area contributed by atoms with E-state index in [1.165, 1.54) is 10.8 Å². The lowest BCUT2D eigenvalue weighted by Crippen LogP contribution is -2.19. The Morgan fingerprint density at radius 1 is 0.692 bits per heavy atom. The highest BCUT2D eigenvalue weighted by Gasteiger charge is 2.05. The van der Waals surface area contributed by atoms with Gasteiger partial charge in [-0.15, -0.1) is 0 Å². The minimum absolute atomic E-state index is 0.282. The quantitative estimate of drug-likeness (QED) is 0.473. The molecule has 4 nitrogen and oxygen atoms in total. The minimum Gasteiger partial charge on any atom is -0.497 e. The molecule has 0 unspecified atom stereocenters. The van der Waals surface area contributed by atoms with Crippen molar-refractivity contribution < 1.29 is 9.53 Å². The molecule has 4 heteroatoms. The van der Waals surface area contributed by atoms with Gasteiger partial charge in [0, 0.05) is 11.4 Å². The zero-order valence-electron chi connectivity index (χ0n) is 14.3. The molecule has 2 N–H and O–H groups in total. The molecule has 0 heterocycles. The number of hydrogen-bond acceptors (Lipinski definition) is 2. The fourth-order valence-corrected chi connectivity index (χ4v) is 2.99. The number of rotatable bonds is 3. The second-order valence-corrected chi connectivity index (χ2v) is 6.07. The zero-order valence-corrected chi connectivity index (χ0v) is 14.3. The third-order valence-electron chi connectivity index (χ3n) is 4.31. The van der Waals surface area contributed by atoms with Gasteiger partial charge >= 0.3 is 6.03 Å². The number of carbonyl (C=O) groups excluding carboxylic acids is 1. The van der Waals surface area contributed by atoms with Gasteiger partial charge in [-0.05, 0) is 70.1 Å². The Labute approximate surface area is 151 Å². The Bertz CT molecular complexity index is 1090. The molecule has 4 aromatic carbocycles. The van der Waals surface area contributed by atoms with Gasteiger partial charge in [0.15, 0.2) is 0 Å². The molecule has 0 bridgehead atoms. The monoisotopic (exact) mass is 342 g/mol. The fourth-order valence-electron chi connectivity index (χ4n) is 2.99. The normalized spacial score (nSPS) is 10.7. The van der Waals surface area contributed by atoms with Crippen molar-refractivity contribution >= 4 is 39.0 Å². The molecule has 4 rings (SSSR count). The van der Waals surface area contributed by atoms with Gasteiger partial charge < -0.3 is 15.4 Å².